The number of hydrogen-bond donors (Lipinski definition) is 0. The van der Waals surface area contributed by atoms with Crippen LogP contribution >= 0.6 is 0 Å². The van der Waals surface area contributed by atoms with E-state index in [1.54, 1.807) is 6.92 Å². The van der Waals surface area contributed by atoms with Crippen LogP contribution in [0.4, 0.5) is 0 Å². The summed E-state index contributed by atoms with van der Waals surface area (Å²) >= 11 is 0. The van der Waals surface area contributed by atoms with Crippen LogP contribution in [0.25, 0.3) is 54.7 Å². The lowest BCUT2D eigenvalue weighted by Crippen LogP contribution is -2.16. The maximum absolute atomic E-state index is 12.1. The van der Waals surface area contributed by atoms with Gasteiger partial charge in [-0.2, -0.15) is 0 Å². The normalized spacial score (nSPS) is 13.8. The zero-order valence-electron chi connectivity index (χ0n) is 20.6. The van der Waals surface area contributed by atoms with E-state index in [0.717, 1.165) is 22.2 Å². The van der Waals surface area contributed by atoms with Gasteiger partial charge in [0, 0.05) is 28.1 Å². The lowest BCUT2D eigenvalue weighted by Gasteiger charge is -2.24. The molecule has 2 heteroatoms. The minimum Gasteiger partial charge on any atom is -0.295 e. The van der Waals surface area contributed by atoms with Crippen molar-refractivity contribution < 1.29 is 4.79 Å². The molecule has 1 heterocycles. The topological polar surface area (TPSA) is 30.0 Å². The van der Waals surface area contributed by atoms with Gasteiger partial charge in [0.2, 0.25) is 0 Å². The number of ketones is 1. The molecule has 0 radical (unpaired) electrons. The highest BCUT2D eigenvalue weighted by Gasteiger charge is 2.37. The third-order valence-electron chi connectivity index (χ3n) is 7.98. The van der Waals surface area contributed by atoms with Gasteiger partial charge in [-0.25, -0.2) is 0 Å². The Labute approximate surface area is 210 Å². The summed E-state index contributed by atoms with van der Waals surface area (Å²) in [5.41, 5.74) is 7.77. The number of hydrogen-bond acceptors (Lipinski definition) is 2. The van der Waals surface area contributed by atoms with Gasteiger partial charge in [-0.05, 0) is 74.3 Å². The quantitative estimate of drug-likeness (QED) is 0.190. The first-order chi connectivity index (χ1) is 17.4. The Balaban J connectivity index is 1.47. The number of carbonyl (C=O) groups is 1. The lowest BCUT2D eigenvalue weighted by molar-refractivity contribution is 0.101. The maximum atomic E-state index is 12.1. The molecule has 36 heavy (non-hydrogen) atoms. The van der Waals surface area contributed by atoms with Gasteiger partial charge < -0.3 is 0 Å². The average Bonchev–Trinajstić information content (AvgIpc) is 3.14. The third-order valence-corrected chi connectivity index (χ3v) is 7.98. The first kappa shape index (κ1) is 21.0. The van der Waals surface area contributed by atoms with Crippen molar-refractivity contribution in [2.24, 2.45) is 0 Å². The van der Waals surface area contributed by atoms with Crippen LogP contribution in [0.5, 0.6) is 0 Å². The van der Waals surface area contributed by atoms with E-state index in [4.69, 9.17) is 4.98 Å². The fourth-order valence-corrected chi connectivity index (χ4v) is 6.19. The predicted molar refractivity (Wildman–Crippen MR) is 150 cm³/mol. The number of benzene rings is 5. The van der Waals surface area contributed by atoms with E-state index in [1.807, 2.05) is 12.3 Å². The number of Topliss-reactive ketones (excluding diaryl/α,β-unsaturated/α-hetero) is 1. The molecule has 0 aliphatic heterocycles. The molecule has 0 N–H and O–H groups in total. The first-order valence-corrected chi connectivity index (χ1v) is 12.4. The van der Waals surface area contributed by atoms with E-state index in [2.05, 4.69) is 98.8 Å². The third kappa shape index (κ3) is 2.85. The minimum atomic E-state index is -0.197. The number of pyridine rings is 1. The van der Waals surface area contributed by atoms with Crippen LogP contribution in [0, 0.1) is 0 Å². The van der Waals surface area contributed by atoms with Gasteiger partial charge in [-0.1, -0.05) is 86.6 Å². The zero-order chi connectivity index (χ0) is 24.6. The van der Waals surface area contributed by atoms with Crippen LogP contribution in [0.2, 0.25) is 0 Å². The summed E-state index contributed by atoms with van der Waals surface area (Å²) in [5.74, 6) is 0.106. The molecular formula is C34H25NO. The molecule has 172 valence electrons. The van der Waals surface area contributed by atoms with Crippen molar-refractivity contribution in [1.29, 1.82) is 0 Å². The van der Waals surface area contributed by atoms with Crippen LogP contribution in [0.1, 0.15) is 42.3 Å². The van der Waals surface area contributed by atoms with E-state index >= 15 is 0 Å². The minimum absolute atomic E-state index is 0.106. The van der Waals surface area contributed by atoms with Crippen molar-refractivity contribution in [3.63, 3.8) is 0 Å². The molecule has 6 aromatic rings. The van der Waals surface area contributed by atoms with Gasteiger partial charge in [0.15, 0.2) is 5.78 Å². The number of carbonyl (C=O) groups excluding carboxylic acids is 1. The number of rotatable bonds is 2. The Morgan fingerprint density at radius 3 is 2.25 bits per heavy atom. The van der Waals surface area contributed by atoms with Crippen molar-refractivity contribution in [1.82, 2.24) is 4.98 Å². The molecule has 0 spiro atoms. The van der Waals surface area contributed by atoms with Crippen molar-refractivity contribution in [2.75, 3.05) is 0 Å². The van der Waals surface area contributed by atoms with E-state index in [9.17, 15) is 4.79 Å². The van der Waals surface area contributed by atoms with Crippen LogP contribution < -0.4 is 0 Å². The molecule has 7 rings (SSSR count). The van der Waals surface area contributed by atoms with Crippen molar-refractivity contribution >= 4 is 38.1 Å². The maximum Gasteiger partial charge on any atom is 0.159 e. The summed E-state index contributed by atoms with van der Waals surface area (Å²) in [5, 5.41) is 7.33. The van der Waals surface area contributed by atoms with Crippen LogP contribution in [-0.2, 0) is 5.41 Å². The average molecular weight is 464 g/mol. The summed E-state index contributed by atoms with van der Waals surface area (Å²) in [7, 11) is 0. The van der Waals surface area contributed by atoms with Gasteiger partial charge in [-0.15, -0.1) is 0 Å². The van der Waals surface area contributed by atoms with Crippen LogP contribution in [0.15, 0.2) is 97.2 Å². The van der Waals surface area contributed by atoms with E-state index in [0.29, 0.717) is 0 Å². The SMILES string of the molecule is CC(=O)c1ccc2c(c1)C(C)(C)c1c-2ccc2c1ccc1c(-c3ccc4ccccc4c3)nccc12. The molecule has 0 fully saturated rings. The molecule has 1 aromatic heterocycles. The number of aromatic nitrogens is 1. The lowest BCUT2D eigenvalue weighted by atomic mass is 9.79. The highest BCUT2D eigenvalue weighted by atomic mass is 16.1. The molecule has 0 saturated heterocycles. The Morgan fingerprint density at radius 2 is 1.42 bits per heavy atom. The monoisotopic (exact) mass is 463 g/mol. The largest absolute Gasteiger partial charge is 0.295 e. The second-order valence-corrected chi connectivity index (χ2v) is 10.4. The first-order valence-electron chi connectivity index (χ1n) is 12.4. The smallest absolute Gasteiger partial charge is 0.159 e. The van der Waals surface area contributed by atoms with Crippen LogP contribution in [0.3, 0.4) is 0 Å². The number of fused-ring (bicyclic) bond motifs is 8. The summed E-state index contributed by atoms with van der Waals surface area (Å²) in [4.78, 5) is 16.9. The molecule has 5 aromatic carbocycles. The standard InChI is InChI=1S/C34H25NO/c1-20(36)22-10-11-27-29-13-12-25-26-16-17-35-33(24-9-8-21-6-4-5-7-23(21)18-24)30(26)15-14-28(25)32(29)34(2,3)31(27)19-22/h4-19H,1-3H3. The summed E-state index contributed by atoms with van der Waals surface area (Å²) in [6, 6.07) is 32.3. The zero-order valence-corrected chi connectivity index (χ0v) is 20.6. The fraction of sp³-hybridized carbons (Fsp3) is 0.118. The molecule has 0 amide bonds. The van der Waals surface area contributed by atoms with Gasteiger partial charge in [0.1, 0.15) is 0 Å². The van der Waals surface area contributed by atoms with Gasteiger partial charge in [0.25, 0.3) is 0 Å². The molecule has 0 bridgehead atoms. The fourth-order valence-electron chi connectivity index (χ4n) is 6.19. The van der Waals surface area contributed by atoms with Gasteiger partial charge in [-0.3, -0.25) is 9.78 Å². The second-order valence-electron chi connectivity index (χ2n) is 10.4. The van der Waals surface area contributed by atoms with E-state index in [-0.39, 0.29) is 11.2 Å². The van der Waals surface area contributed by atoms with Gasteiger partial charge in [0.05, 0.1) is 5.69 Å². The van der Waals surface area contributed by atoms with E-state index in [1.165, 1.54) is 49.2 Å². The molecule has 1 aliphatic rings. The van der Waals surface area contributed by atoms with Crippen LogP contribution in [-0.4, -0.2) is 10.8 Å². The number of nitrogens with zero attached hydrogens (tertiary/aromatic N) is 1. The molecular weight excluding hydrogens is 438 g/mol. The Hall–Kier alpha value is -4.30. The Morgan fingerprint density at radius 1 is 0.694 bits per heavy atom. The Bertz CT molecular complexity index is 1890. The van der Waals surface area contributed by atoms with Crippen molar-refractivity contribution in [2.45, 2.75) is 26.2 Å². The molecule has 1 aliphatic carbocycles. The molecule has 0 saturated carbocycles. The van der Waals surface area contributed by atoms with Gasteiger partial charge >= 0.3 is 0 Å². The molecule has 2 nitrogen and oxygen atoms in total. The predicted octanol–water partition coefficient (Wildman–Crippen LogP) is 8.72. The second kappa shape index (κ2) is 7.35. The summed E-state index contributed by atoms with van der Waals surface area (Å²) < 4.78 is 0. The highest BCUT2D eigenvalue weighted by Crippen LogP contribution is 2.52. The molecule has 0 unspecified atom stereocenters. The highest BCUT2D eigenvalue weighted by molar-refractivity contribution is 6.14. The van der Waals surface area contributed by atoms with E-state index < -0.39 is 0 Å². The Kier molecular flexibility index (Phi) is 4.29. The van der Waals surface area contributed by atoms with Crippen molar-refractivity contribution in [3.05, 3.63) is 114 Å². The molecule has 0 atom stereocenters. The summed E-state index contributed by atoms with van der Waals surface area (Å²) in [6.07, 6.45) is 1.93. The summed E-state index contributed by atoms with van der Waals surface area (Å²) in [6.45, 7) is 6.19. The van der Waals surface area contributed by atoms with Crippen molar-refractivity contribution in [3.8, 4) is 22.4 Å².